The molecule has 0 aromatic heterocycles. The van der Waals surface area contributed by atoms with Gasteiger partial charge in [0.15, 0.2) is 0 Å². The van der Waals surface area contributed by atoms with Crippen LogP contribution in [0.2, 0.25) is 0 Å². The van der Waals surface area contributed by atoms with Crippen molar-refractivity contribution in [3.05, 3.63) is 29.8 Å². The molecule has 3 nitrogen and oxygen atoms in total. The van der Waals surface area contributed by atoms with E-state index in [1.807, 2.05) is 6.92 Å². The van der Waals surface area contributed by atoms with Crippen molar-refractivity contribution in [2.45, 2.75) is 38.9 Å². The number of halogens is 3. The van der Waals surface area contributed by atoms with E-state index in [0.29, 0.717) is 11.6 Å². The average molecular weight is 314 g/mol. The lowest BCUT2D eigenvalue weighted by Gasteiger charge is -2.34. The molecule has 1 aromatic rings. The van der Waals surface area contributed by atoms with Crippen LogP contribution < -0.4 is 5.32 Å². The summed E-state index contributed by atoms with van der Waals surface area (Å²) in [5, 5.41) is 2.68. The van der Waals surface area contributed by atoms with Crippen molar-refractivity contribution in [3.8, 4) is 0 Å². The van der Waals surface area contributed by atoms with Crippen molar-refractivity contribution in [3.63, 3.8) is 0 Å². The predicted octanol–water partition coefficient (Wildman–Crippen LogP) is 3.76. The molecule has 1 amide bonds. The van der Waals surface area contributed by atoms with Crippen molar-refractivity contribution in [1.82, 2.24) is 4.90 Å². The highest BCUT2D eigenvalue weighted by atomic mass is 19.4. The highest BCUT2D eigenvalue weighted by Gasteiger charge is 2.30. The number of rotatable bonds is 3. The second kappa shape index (κ2) is 6.69. The van der Waals surface area contributed by atoms with Crippen LogP contribution in [0.1, 0.15) is 32.3 Å². The first-order valence-electron chi connectivity index (χ1n) is 7.49. The van der Waals surface area contributed by atoms with Crippen LogP contribution in [0, 0.1) is 5.92 Å². The maximum atomic E-state index is 12.5. The zero-order valence-corrected chi connectivity index (χ0v) is 12.8. The molecule has 1 atom stereocenters. The minimum Gasteiger partial charge on any atom is -0.325 e. The van der Waals surface area contributed by atoms with E-state index in [0.717, 1.165) is 38.1 Å². The number of benzene rings is 1. The van der Waals surface area contributed by atoms with Crippen molar-refractivity contribution in [2.75, 3.05) is 18.4 Å². The Labute approximate surface area is 128 Å². The molecule has 0 radical (unpaired) electrons. The second-order valence-electron chi connectivity index (χ2n) is 5.96. The summed E-state index contributed by atoms with van der Waals surface area (Å²) in [4.78, 5) is 14.3. The Morgan fingerprint density at radius 2 is 1.77 bits per heavy atom. The summed E-state index contributed by atoms with van der Waals surface area (Å²) in [5.74, 6) is 0.496. The Bertz CT molecular complexity index is 505. The van der Waals surface area contributed by atoms with Crippen LogP contribution in [0.4, 0.5) is 18.9 Å². The van der Waals surface area contributed by atoms with E-state index < -0.39 is 11.7 Å². The van der Waals surface area contributed by atoms with Gasteiger partial charge in [0, 0.05) is 5.69 Å². The van der Waals surface area contributed by atoms with Gasteiger partial charge in [-0.3, -0.25) is 9.69 Å². The number of carbonyl (C=O) groups is 1. The van der Waals surface area contributed by atoms with E-state index >= 15 is 0 Å². The fraction of sp³-hybridized carbons (Fsp3) is 0.562. The summed E-state index contributed by atoms with van der Waals surface area (Å²) in [5.41, 5.74) is -0.334. The molecule has 1 aliphatic rings. The van der Waals surface area contributed by atoms with Crippen molar-refractivity contribution >= 4 is 11.6 Å². The maximum Gasteiger partial charge on any atom is 0.416 e. The van der Waals surface area contributed by atoms with Crippen LogP contribution in [0.25, 0.3) is 0 Å². The lowest BCUT2D eigenvalue weighted by molar-refractivity contribution is -0.137. The molecular weight excluding hydrogens is 293 g/mol. The van der Waals surface area contributed by atoms with Gasteiger partial charge < -0.3 is 5.32 Å². The monoisotopic (exact) mass is 314 g/mol. The second-order valence-corrected chi connectivity index (χ2v) is 5.96. The predicted molar refractivity (Wildman–Crippen MR) is 79.5 cm³/mol. The molecule has 2 rings (SSSR count). The maximum absolute atomic E-state index is 12.5. The molecule has 122 valence electrons. The third kappa shape index (κ3) is 4.22. The van der Waals surface area contributed by atoms with Crippen LogP contribution in [0.5, 0.6) is 0 Å². The van der Waals surface area contributed by atoms with Gasteiger partial charge in [-0.25, -0.2) is 0 Å². The van der Waals surface area contributed by atoms with Crippen LogP contribution >= 0.6 is 0 Å². The first kappa shape index (κ1) is 16.8. The highest BCUT2D eigenvalue weighted by Crippen LogP contribution is 2.29. The Morgan fingerprint density at radius 1 is 1.23 bits per heavy atom. The third-order valence-electron chi connectivity index (χ3n) is 4.23. The molecule has 1 aromatic carbocycles. The van der Waals surface area contributed by atoms with Crippen LogP contribution in [-0.2, 0) is 11.0 Å². The number of likely N-dealkylation sites (tertiary alicyclic amines) is 1. The Kier molecular flexibility index (Phi) is 5.11. The fourth-order valence-electron chi connectivity index (χ4n) is 2.57. The summed E-state index contributed by atoms with van der Waals surface area (Å²) >= 11 is 0. The largest absolute Gasteiger partial charge is 0.416 e. The summed E-state index contributed by atoms with van der Waals surface area (Å²) < 4.78 is 37.5. The minimum absolute atomic E-state index is 0.186. The quantitative estimate of drug-likeness (QED) is 0.921. The number of anilines is 1. The number of nitrogens with one attached hydrogen (secondary N) is 1. The van der Waals surface area contributed by atoms with Crippen molar-refractivity contribution in [1.29, 1.82) is 0 Å². The lowest BCUT2D eigenvalue weighted by atomic mass is 9.98. The average Bonchev–Trinajstić information content (AvgIpc) is 2.47. The standard InChI is InChI=1S/C16H21F3N2O/c1-11-7-9-21(10-8-11)12(2)15(22)20-14-5-3-13(4-6-14)16(17,18)19/h3-6,11-12H,7-10H2,1-2H3,(H,20,22)/t12-/m0/s1. The van der Waals surface area contributed by atoms with Gasteiger partial charge in [0.05, 0.1) is 11.6 Å². The van der Waals surface area contributed by atoms with Gasteiger partial charge in [-0.2, -0.15) is 13.2 Å². The number of hydrogen-bond donors (Lipinski definition) is 1. The molecule has 0 bridgehead atoms. The summed E-state index contributed by atoms with van der Waals surface area (Å²) in [6, 6.07) is 4.23. The van der Waals surface area contributed by atoms with Gasteiger partial charge >= 0.3 is 6.18 Å². The molecule has 1 saturated heterocycles. The van der Waals surface area contributed by atoms with E-state index in [-0.39, 0.29) is 11.9 Å². The van der Waals surface area contributed by atoms with E-state index in [1.165, 1.54) is 12.1 Å². The topological polar surface area (TPSA) is 32.3 Å². The summed E-state index contributed by atoms with van der Waals surface area (Å²) in [6.07, 6.45) is -2.23. The molecule has 1 heterocycles. The molecule has 1 aliphatic heterocycles. The van der Waals surface area contributed by atoms with Crippen molar-refractivity contribution in [2.24, 2.45) is 5.92 Å². The summed E-state index contributed by atoms with van der Waals surface area (Å²) in [6.45, 7) is 5.78. The number of nitrogens with zero attached hydrogens (tertiary/aromatic N) is 1. The molecular formula is C16H21F3N2O. The lowest BCUT2D eigenvalue weighted by Crippen LogP contribution is -2.45. The molecule has 1 N–H and O–H groups in total. The van der Waals surface area contributed by atoms with E-state index in [9.17, 15) is 18.0 Å². The van der Waals surface area contributed by atoms with Gasteiger partial charge in [-0.15, -0.1) is 0 Å². The van der Waals surface area contributed by atoms with E-state index in [4.69, 9.17) is 0 Å². The molecule has 1 fully saturated rings. The molecule has 0 aliphatic carbocycles. The van der Waals surface area contributed by atoms with Crippen LogP contribution in [0.15, 0.2) is 24.3 Å². The zero-order chi connectivity index (χ0) is 16.3. The smallest absolute Gasteiger partial charge is 0.325 e. The third-order valence-corrected chi connectivity index (χ3v) is 4.23. The first-order valence-corrected chi connectivity index (χ1v) is 7.49. The fourth-order valence-corrected chi connectivity index (χ4v) is 2.57. The number of hydrogen-bond acceptors (Lipinski definition) is 2. The first-order chi connectivity index (χ1) is 10.3. The Morgan fingerprint density at radius 3 is 2.27 bits per heavy atom. The molecule has 0 saturated carbocycles. The SMILES string of the molecule is CC1CCN([C@@H](C)C(=O)Nc2ccc(C(F)(F)F)cc2)CC1. The Balaban J connectivity index is 1.94. The number of amides is 1. The normalized spacial score (nSPS) is 19.0. The minimum atomic E-state index is -4.36. The van der Waals surface area contributed by atoms with E-state index in [1.54, 1.807) is 0 Å². The van der Waals surface area contributed by atoms with Gasteiger partial charge in [0.1, 0.15) is 0 Å². The number of piperidine rings is 1. The number of carbonyl (C=O) groups excluding carboxylic acids is 1. The van der Waals surface area contributed by atoms with Gasteiger partial charge in [0.25, 0.3) is 0 Å². The zero-order valence-electron chi connectivity index (χ0n) is 12.8. The van der Waals surface area contributed by atoms with Crippen molar-refractivity contribution < 1.29 is 18.0 Å². The van der Waals surface area contributed by atoms with Crippen LogP contribution in [-0.4, -0.2) is 29.9 Å². The van der Waals surface area contributed by atoms with Gasteiger partial charge in [-0.05, 0) is 63.0 Å². The van der Waals surface area contributed by atoms with E-state index in [2.05, 4.69) is 17.1 Å². The Hall–Kier alpha value is -1.56. The van der Waals surface area contributed by atoms with Crippen LogP contribution in [0.3, 0.4) is 0 Å². The highest BCUT2D eigenvalue weighted by molar-refractivity contribution is 5.94. The molecule has 6 heteroatoms. The van der Waals surface area contributed by atoms with Gasteiger partial charge in [-0.1, -0.05) is 6.92 Å². The molecule has 0 unspecified atom stereocenters. The molecule has 0 spiro atoms. The van der Waals surface area contributed by atoms with Gasteiger partial charge in [0.2, 0.25) is 5.91 Å². The molecule has 22 heavy (non-hydrogen) atoms. The number of alkyl halides is 3. The summed E-state index contributed by atoms with van der Waals surface area (Å²) in [7, 11) is 0.